The Morgan fingerprint density at radius 1 is 1.31 bits per heavy atom. The van der Waals surface area contributed by atoms with Crippen LogP contribution in [0.2, 0.25) is 0 Å². The molecule has 3 nitrogen and oxygen atoms in total. The molecule has 0 atom stereocenters. The first kappa shape index (κ1) is 7.98. The van der Waals surface area contributed by atoms with E-state index in [1.165, 1.54) is 0 Å². The fourth-order valence-electron chi connectivity index (χ4n) is 1.10. The van der Waals surface area contributed by atoms with Gasteiger partial charge < -0.3 is 14.2 Å². The van der Waals surface area contributed by atoms with Gasteiger partial charge in [0, 0.05) is 6.07 Å². The van der Waals surface area contributed by atoms with E-state index in [2.05, 4.69) is 0 Å². The van der Waals surface area contributed by atoms with Crippen LogP contribution in [0, 0.1) is 0 Å². The van der Waals surface area contributed by atoms with E-state index in [4.69, 9.17) is 14.2 Å². The van der Waals surface area contributed by atoms with Crippen molar-refractivity contribution < 1.29 is 14.2 Å². The van der Waals surface area contributed by atoms with Crippen LogP contribution in [0.5, 0.6) is 17.2 Å². The van der Waals surface area contributed by atoms with E-state index in [1.54, 1.807) is 6.26 Å². The highest BCUT2D eigenvalue weighted by Gasteiger charge is 2.13. The number of hydrogen-bond donors (Lipinski definition) is 0. The van der Waals surface area contributed by atoms with Crippen LogP contribution in [0.4, 0.5) is 0 Å². The molecule has 0 amide bonds. The van der Waals surface area contributed by atoms with Gasteiger partial charge in [0.1, 0.15) is 5.75 Å². The summed E-state index contributed by atoms with van der Waals surface area (Å²) in [5.74, 6) is 2.26. The van der Waals surface area contributed by atoms with Gasteiger partial charge in [-0.2, -0.15) is 0 Å². The zero-order chi connectivity index (χ0) is 9.10. The SMILES string of the molecule is CC=COc1ccc2c(c1)OCO2. The van der Waals surface area contributed by atoms with Crippen molar-refractivity contribution in [2.45, 2.75) is 6.92 Å². The fourth-order valence-corrected chi connectivity index (χ4v) is 1.10. The van der Waals surface area contributed by atoms with E-state index < -0.39 is 0 Å². The monoisotopic (exact) mass is 178 g/mol. The second-order valence-electron chi connectivity index (χ2n) is 2.60. The number of benzene rings is 1. The van der Waals surface area contributed by atoms with Gasteiger partial charge >= 0.3 is 0 Å². The zero-order valence-electron chi connectivity index (χ0n) is 7.32. The van der Waals surface area contributed by atoms with Gasteiger partial charge in [-0.25, -0.2) is 0 Å². The highest BCUT2D eigenvalue weighted by molar-refractivity contribution is 5.47. The van der Waals surface area contributed by atoms with Crippen molar-refractivity contribution in [2.24, 2.45) is 0 Å². The predicted octanol–water partition coefficient (Wildman–Crippen LogP) is 2.33. The van der Waals surface area contributed by atoms with E-state index in [0.29, 0.717) is 6.79 Å². The molecule has 0 spiro atoms. The lowest BCUT2D eigenvalue weighted by Crippen LogP contribution is -1.92. The molecule has 0 aromatic heterocycles. The molecular formula is C10H10O3. The van der Waals surface area contributed by atoms with E-state index in [9.17, 15) is 0 Å². The molecule has 1 heterocycles. The van der Waals surface area contributed by atoms with Gasteiger partial charge in [0.25, 0.3) is 0 Å². The predicted molar refractivity (Wildman–Crippen MR) is 48.0 cm³/mol. The molecule has 13 heavy (non-hydrogen) atoms. The molecule has 3 heteroatoms. The van der Waals surface area contributed by atoms with Gasteiger partial charge in [-0.1, -0.05) is 6.08 Å². The molecule has 0 radical (unpaired) electrons. The molecule has 1 aromatic carbocycles. The van der Waals surface area contributed by atoms with Crippen LogP contribution < -0.4 is 14.2 Å². The molecule has 1 aliphatic rings. The van der Waals surface area contributed by atoms with Gasteiger partial charge in [0.15, 0.2) is 11.5 Å². The minimum atomic E-state index is 0.294. The molecule has 0 bridgehead atoms. The summed E-state index contributed by atoms with van der Waals surface area (Å²) in [7, 11) is 0. The average Bonchev–Trinajstić information content (AvgIpc) is 2.61. The Morgan fingerprint density at radius 2 is 2.15 bits per heavy atom. The lowest BCUT2D eigenvalue weighted by molar-refractivity contribution is 0.174. The first-order valence-corrected chi connectivity index (χ1v) is 4.07. The molecule has 0 unspecified atom stereocenters. The zero-order valence-corrected chi connectivity index (χ0v) is 7.32. The topological polar surface area (TPSA) is 27.7 Å². The van der Waals surface area contributed by atoms with Crippen LogP contribution in [0.25, 0.3) is 0 Å². The summed E-state index contributed by atoms with van der Waals surface area (Å²) >= 11 is 0. The number of ether oxygens (including phenoxy) is 3. The Hall–Kier alpha value is -1.64. The Bertz CT molecular complexity index is 331. The third-order valence-corrected chi connectivity index (χ3v) is 1.68. The lowest BCUT2D eigenvalue weighted by Gasteiger charge is -2.00. The van der Waals surface area contributed by atoms with E-state index in [1.807, 2.05) is 31.2 Å². The van der Waals surface area contributed by atoms with Gasteiger partial charge in [0.2, 0.25) is 6.79 Å². The first-order chi connectivity index (χ1) is 6.40. The van der Waals surface area contributed by atoms with Crippen LogP contribution >= 0.6 is 0 Å². The molecule has 68 valence electrons. The van der Waals surface area contributed by atoms with Crippen LogP contribution in [-0.2, 0) is 0 Å². The van der Waals surface area contributed by atoms with E-state index in [-0.39, 0.29) is 0 Å². The highest BCUT2D eigenvalue weighted by atomic mass is 16.7. The van der Waals surface area contributed by atoms with Crippen LogP contribution in [0.3, 0.4) is 0 Å². The summed E-state index contributed by atoms with van der Waals surface area (Å²) in [5, 5.41) is 0. The summed E-state index contributed by atoms with van der Waals surface area (Å²) in [5.41, 5.74) is 0. The maximum absolute atomic E-state index is 5.26. The van der Waals surface area contributed by atoms with Gasteiger partial charge in [-0.3, -0.25) is 0 Å². The fraction of sp³-hybridized carbons (Fsp3) is 0.200. The molecule has 0 aliphatic carbocycles. The summed E-state index contributed by atoms with van der Waals surface area (Å²) < 4.78 is 15.6. The van der Waals surface area contributed by atoms with Crippen molar-refractivity contribution in [2.75, 3.05) is 6.79 Å². The van der Waals surface area contributed by atoms with E-state index >= 15 is 0 Å². The van der Waals surface area contributed by atoms with Crippen molar-refractivity contribution in [3.8, 4) is 17.2 Å². The van der Waals surface area contributed by atoms with Gasteiger partial charge in [-0.05, 0) is 19.1 Å². The average molecular weight is 178 g/mol. The summed E-state index contributed by atoms with van der Waals surface area (Å²) in [4.78, 5) is 0. The first-order valence-electron chi connectivity index (χ1n) is 4.07. The maximum Gasteiger partial charge on any atom is 0.231 e. The Balaban J connectivity index is 2.20. The summed E-state index contributed by atoms with van der Waals surface area (Å²) in [6, 6.07) is 5.48. The largest absolute Gasteiger partial charge is 0.465 e. The molecule has 0 fully saturated rings. The molecule has 0 saturated heterocycles. The third-order valence-electron chi connectivity index (χ3n) is 1.68. The maximum atomic E-state index is 5.26. The quantitative estimate of drug-likeness (QED) is 0.650. The Kier molecular flexibility index (Phi) is 2.08. The number of allylic oxidation sites excluding steroid dienone is 1. The van der Waals surface area contributed by atoms with Crippen molar-refractivity contribution >= 4 is 0 Å². The second kappa shape index (κ2) is 3.39. The number of rotatable bonds is 2. The molecular weight excluding hydrogens is 168 g/mol. The molecule has 2 rings (SSSR count). The number of hydrogen-bond acceptors (Lipinski definition) is 3. The minimum Gasteiger partial charge on any atom is -0.465 e. The van der Waals surface area contributed by atoms with Crippen LogP contribution in [0.15, 0.2) is 30.5 Å². The van der Waals surface area contributed by atoms with Gasteiger partial charge in [-0.15, -0.1) is 0 Å². The van der Waals surface area contributed by atoms with Crippen molar-refractivity contribution in [3.05, 3.63) is 30.5 Å². The van der Waals surface area contributed by atoms with Gasteiger partial charge in [0.05, 0.1) is 6.26 Å². The summed E-state index contributed by atoms with van der Waals surface area (Å²) in [6.45, 7) is 2.19. The lowest BCUT2D eigenvalue weighted by atomic mass is 10.3. The second-order valence-corrected chi connectivity index (χ2v) is 2.60. The van der Waals surface area contributed by atoms with Crippen LogP contribution in [0.1, 0.15) is 6.92 Å². The number of fused-ring (bicyclic) bond motifs is 1. The molecule has 0 saturated carbocycles. The van der Waals surface area contributed by atoms with Crippen molar-refractivity contribution in [1.29, 1.82) is 0 Å². The van der Waals surface area contributed by atoms with Crippen LogP contribution in [-0.4, -0.2) is 6.79 Å². The van der Waals surface area contributed by atoms with Crippen molar-refractivity contribution in [3.63, 3.8) is 0 Å². The van der Waals surface area contributed by atoms with Crippen molar-refractivity contribution in [1.82, 2.24) is 0 Å². The van der Waals surface area contributed by atoms with E-state index in [0.717, 1.165) is 17.2 Å². The normalized spacial score (nSPS) is 13.6. The minimum absolute atomic E-state index is 0.294. The third kappa shape index (κ3) is 1.59. The Morgan fingerprint density at radius 3 is 3.00 bits per heavy atom. The smallest absolute Gasteiger partial charge is 0.231 e. The standard InChI is InChI=1S/C10H10O3/c1-2-5-11-8-3-4-9-10(6-8)13-7-12-9/h2-6H,7H2,1H3. The summed E-state index contributed by atoms with van der Waals surface area (Å²) in [6.07, 6.45) is 3.45. The Labute approximate surface area is 76.5 Å². The molecule has 1 aliphatic heterocycles. The molecule has 0 N–H and O–H groups in total. The molecule has 1 aromatic rings. The highest BCUT2D eigenvalue weighted by Crippen LogP contribution is 2.35.